The lowest BCUT2D eigenvalue weighted by Crippen LogP contribution is -2.16. The number of nitrogens with zero attached hydrogens (tertiary/aromatic N) is 1. The van der Waals surface area contributed by atoms with Crippen LogP contribution >= 0.6 is 21.6 Å². The van der Waals surface area contributed by atoms with E-state index in [-0.39, 0.29) is 10.6 Å². The van der Waals surface area contributed by atoms with Crippen molar-refractivity contribution in [3.63, 3.8) is 0 Å². The molecule has 0 radical (unpaired) electrons. The fourth-order valence-corrected chi connectivity index (χ4v) is 4.79. The van der Waals surface area contributed by atoms with Crippen LogP contribution in [-0.2, 0) is 8.67 Å². The number of nitro groups is 1. The van der Waals surface area contributed by atoms with Crippen molar-refractivity contribution in [3.8, 4) is 0 Å². The Hall–Kier alpha value is -0.880. The van der Waals surface area contributed by atoms with Gasteiger partial charge in [-0.3, -0.25) is 19.2 Å². The molecule has 2 unspecified atom stereocenters. The molecule has 96 valence electrons. The van der Waals surface area contributed by atoms with E-state index in [0.29, 0.717) is 0 Å². The predicted octanol–water partition coefficient (Wildman–Crippen LogP) is 2.35. The summed E-state index contributed by atoms with van der Waals surface area (Å²) in [6, 6.07) is 5.14. The molecule has 10 heteroatoms. The summed E-state index contributed by atoms with van der Waals surface area (Å²) < 4.78 is 31.2. The highest BCUT2D eigenvalue weighted by Gasteiger charge is 2.36. The second-order valence-electron chi connectivity index (χ2n) is 3.30. The third-order valence-corrected chi connectivity index (χ3v) is 5.63. The van der Waals surface area contributed by atoms with Crippen LogP contribution in [-0.4, -0.2) is 20.3 Å². The van der Waals surface area contributed by atoms with Gasteiger partial charge in [0.05, 0.1) is 9.82 Å². The number of nitrogens with one attached hydrogen (secondary N) is 1. The van der Waals surface area contributed by atoms with E-state index in [4.69, 9.17) is 0 Å². The van der Waals surface area contributed by atoms with E-state index >= 15 is 0 Å². The van der Waals surface area contributed by atoms with Crippen molar-refractivity contribution in [2.45, 2.75) is 4.90 Å². The van der Waals surface area contributed by atoms with E-state index in [1.54, 1.807) is 0 Å². The van der Waals surface area contributed by atoms with Gasteiger partial charge < -0.3 is 0 Å². The van der Waals surface area contributed by atoms with Crippen LogP contribution in [0.15, 0.2) is 29.2 Å². The Morgan fingerprint density at radius 2 is 1.88 bits per heavy atom. The van der Waals surface area contributed by atoms with Crippen molar-refractivity contribution in [3.05, 3.63) is 34.4 Å². The summed E-state index contributed by atoms with van der Waals surface area (Å²) in [4.78, 5) is 10.2. The Labute approximate surface area is 100.0 Å². The second kappa shape index (κ2) is 4.10. The molecule has 3 N–H and O–H groups in total. The lowest BCUT2D eigenvalue weighted by Gasteiger charge is -2.31. The van der Waals surface area contributed by atoms with E-state index in [0.717, 1.165) is 0 Å². The molecule has 0 aliphatic carbocycles. The topological polar surface area (TPSA) is 114 Å². The molecule has 0 saturated carbocycles. The summed E-state index contributed by atoms with van der Waals surface area (Å²) in [5.74, 6) is 0. The van der Waals surface area contributed by atoms with Crippen molar-refractivity contribution in [2.75, 3.05) is 6.26 Å². The highest BCUT2D eigenvalue weighted by atomic mass is 32.4. The van der Waals surface area contributed by atoms with Crippen molar-refractivity contribution in [1.29, 1.82) is 0 Å². The number of hydrogen-bond donors (Lipinski definition) is 3. The van der Waals surface area contributed by atoms with Crippen molar-refractivity contribution < 1.29 is 22.7 Å². The molecule has 1 heterocycles. The molecule has 2 atom stereocenters. The van der Waals surface area contributed by atoms with Gasteiger partial charge in [0.25, 0.3) is 5.69 Å². The summed E-state index contributed by atoms with van der Waals surface area (Å²) in [6.45, 7) is 0. The number of rotatable bonds is 2. The summed E-state index contributed by atoms with van der Waals surface area (Å²) in [7, 11) is -5.59. The molecule has 1 aliphatic rings. The van der Waals surface area contributed by atoms with Gasteiger partial charge in [-0.05, 0) is 12.1 Å². The van der Waals surface area contributed by atoms with E-state index in [1.807, 2.05) is 0 Å². The van der Waals surface area contributed by atoms with Crippen LogP contribution in [0.2, 0.25) is 0 Å². The van der Waals surface area contributed by atoms with Gasteiger partial charge in [0.15, 0.2) is 0 Å². The molecular weight excluding hydrogens is 272 g/mol. The van der Waals surface area contributed by atoms with Crippen molar-refractivity contribution >= 4 is 27.2 Å². The summed E-state index contributed by atoms with van der Waals surface area (Å²) >= 11 is 0. The van der Waals surface area contributed by atoms with Crippen LogP contribution in [0.5, 0.6) is 0 Å². The Balaban J connectivity index is 2.26. The van der Waals surface area contributed by atoms with Crippen LogP contribution in [0, 0.1) is 10.1 Å². The Kier molecular flexibility index (Phi) is 3.03. The molecule has 0 amide bonds. The van der Waals surface area contributed by atoms with Crippen LogP contribution in [0.25, 0.3) is 0 Å². The average molecular weight is 282 g/mol. The first-order valence-electron chi connectivity index (χ1n) is 4.30. The minimum Gasteiger partial charge on any atom is -0.282 e. The zero-order chi connectivity index (χ0) is 12.7. The van der Waals surface area contributed by atoms with Gasteiger partial charge in [-0.25, -0.2) is 0 Å². The summed E-state index contributed by atoms with van der Waals surface area (Å²) in [6.07, 6.45) is 1.34. The molecule has 8 nitrogen and oxygen atoms in total. The number of hydrogen-bond acceptors (Lipinski definition) is 7. The van der Waals surface area contributed by atoms with E-state index < -0.39 is 26.5 Å². The molecule has 0 bridgehead atoms. The third-order valence-electron chi connectivity index (χ3n) is 1.89. The number of benzene rings is 1. The average Bonchev–Trinajstić information content (AvgIpc) is 2.54. The smallest absolute Gasteiger partial charge is 0.269 e. The summed E-state index contributed by atoms with van der Waals surface area (Å²) in [5, 5.41) is 10.5. The fraction of sp³-hybridized carbons (Fsp3) is 0.143. The van der Waals surface area contributed by atoms with Crippen molar-refractivity contribution in [2.24, 2.45) is 0 Å². The second-order valence-corrected chi connectivity index (χ2v) is 7.37. The fourth-order valence-electron chi connectivity index (χ4n) is 1.17. The van der Waals surface area contributed by atoms with Gasteiger partial charge in [0.1, 0.15) is 0 Å². The minimum atomic E-state index is -2.94. The van der Waals surface area contributed by atoms with Crippen LogP contribution in [0.3, 0.4) is 0 Å². The zero-order valence-corrected chi connectivity index (χ0v) is 10.2. The number of non-ortho nitro benzene ring substituents is 1. The first-order chi connectivity index (χ1) is 7.82. The van der Waals surface area contributed by atoms with Gasteiger partial charge in [-0.2, -0.15) is 0 Å². The Bertz CT molecular complexity index is 452. The molecular formula is C7H10N2O6S2. The van der Waals surface area contributed by atoms with Crippen LogP contribution in [0.4, 0.5) is 5.69 Å². The van der Waals surface area contributed by atoms with Gasteiger partial charge in [-0.1, -0.05) is 30.2 Å². The van der Waals surface area contributed by atoms with E-state index in [1.165, 1.54) is 30.5 Å². The maximum absolute atomic E-state index is 10.5. The largest absolute Gasteiger partial charge is 0.282 e. The molecule has 1 aliphatic heterocycles. The minimum absolute atomic E-state index is 0.102. The third kappa shape index (κ3) is 2.52. The molecule has 0 aromatic heterocycles. The molecule has 2 rings (SSSR count). The lowest BCUT2D eigenvalue weighted by atomic mass is 10.3. The molecule has 0 spiro atoms. The molecule has 1 saturated heterocycles. The summed E-state index contributed by atoms with van der Waals surface area (Å²) in [5.41, 5.74) is -0.102. The van der Waals surface area contributed by atoms with Gasteiger partial charge >= 0.3 is 0 Å². The monoisotopic (exact) mass is 282 g/mol. The maximum Gasteiger partial charge on any atom is 0.269 e. The Morgan fingerprint density at radius 1 is 1.29 bits per heavy atom. The number of nitro benzene ring substituents is 1. The van der Waals surface area contributed by atoms with Gasteiger partial charge in [0, 0.05) is 18.4 Å². The van der Waals surface area contributed by atoms with Gasteiger partial charge in [0.2, 0.25) is 0 Å². The molecule has 1 aromatic carbocycles. The van der Waals surface area contributed by atoms with Crippen molar-refractivity contribution in [1.82, 2.24) is 4.13 Å². The predicted molar refractivity (Wildman–Crippen MR) is 63.0 cm³/mol. The molecule has 1 fully saturated rings. The standard InChI is InChI=1S/C7H10N2O6S2/c1-16(12)8-17(13,15-14-16)7-4-2-6(3-5-7)9(10)11/h2-5,8,12-13H,1H3. The SMILES string of the molecule is CS1(O)NS(O)(c2ccc([N+](=O)[O-])cc2)OO1. The highest BCUT2D eigenvalue weighted by molar-refractivity contribution is 8.39. The maximum atomic E-state index is 10.5. The van der Waals surface area contributed by atoms with Gasteiger partial charge in [-0.15, -0.1) is 4.13 Å². The van der Waals surface area contributed by atoms with E-state index in [2.05, 4.69) is 12.8 Å². The molecule has 1 aromatic rings. The zero-order valence-electron chi connectivity index (χ0n) is 8.60. The first-order valence-corrected chi connectivity index (χ1v) is 7.73. The van der Waals surface area contributed by atoms with E-state index in [9.17, 15) is 19.2 Å². The normalized spacial score (nSPS) is 40.2. The first kappa shape index (κ1) is 12.6. The quantitative estimate of drug-likeness (QED) is 0.433. The Morgan fingerprint density at radius 3 is 2.29 bits per heavy atom. The molecule has 17 heavy (non-hydrogen) atoms. The van der Waals surface area contributed by atoms with Crippen LogP contribution in [0.1, 0.15) is 0 Å². The lowest BCUT2D eigenvalue weighted by molar-refractivity contribution is -0.384. The van der Waals surface area contributed by atoms with Crippen LogP contribution < -0.4 is 4.13 Å². The highest BCUT2D eigenvalue weighted by Crippen LogP contribution is 2.64.